The Morgan fingerprint density at radius 1 is 1.53 bits per heavy atom. The zero-order valence-electron chi connectivity index (χ0n) is 9.32. The number of methoxy groups -OCH3 is 1. The summed E-state index contributed by atoms with van der Waals surface area (Å²) in [5, 5.41) is 11.3. The standard InChI is InChI=1S/C9H14F3NO4/c1-4-7(14)5(3-6(16-2)17-4)13-8(15)9(10,11)12/h4-7,14H,3H2,1-2H3,(H,13,15)/t4-,5-,6-,7-/m1/s1. The number of aliphatic hydroxyl groups is 1. The third kappa shape index (κ3) is 3.55. The molecule has 1 fully saturated rings. The average molecular weight is 257 g/mol. The van der Waals surface area contributed by atoms with Crippen molar-refractivity contribution in [3.05, 3.63) is 0 Å². The molecule has 0 saturated carbocycles. The van der Waals surface area contributed by atoms with Gasteiger partial charge < -0.3 is 19.9 Å². The van der Waals surface area contributed by atoms with Gasteiger partial charge in [0.2, 0.25) is 0 Å². The van der Waals surface area contributed by atoms with Crippen molar-refractivity contribution in [1.82, 2.24) is 5.32 Å². The van der Waals surface area contributed by atoms with Crippen LogP contribution >= 0.6 is 0 Å². The first kappa shape index (κ1) is 14.2. The highest BCUT2D eigenvalue weighted by molar-refractivity contribution is 5.82. The van der Waals surface area contributed by atoms with Gasteiger partial charge in [0.25, 0.3) is 0 Å². The molecule has 1 heterocycles. The van der Waals surface area contributed by atoms with Crippen LogP contribution in [-0.4, -0.2) is 48.8 Å². The number of nitrogens with one attached hydrogen (secondary N) is 1. The predicted octanol–water partition coefficient (Wildman–Crippen LogP) is 0.176. The summed E-state index contributed by atoms with van der Waals surface area (Å²) in [6.45, 7) is 1.49. The van der Waals surface area contributed by atoms with Crippen molar-refractivity contribution in [2.45, 2.75) is 44.1 Å². The zero-order valence-corrected chi connectivity index (χ0v) is 9.32. The van der Waals surface area contributed by atoms with Crippen LogP contribution in [0.5, 0.6) is 0 Å². The first-order valence-electron chi connectivity index (χ1n) is 4.99. The molecule has 0 bridgehead atoms. The van der Waals surface area contributed by atoms with E-state index in [0.29, 0.717) is 0 Å². The molecule has 100 valence electrons. The maximum Gasteiger partial charge on any atom is 0.471 e. The van der Waals surface area contributed by atoms with Crippen LogP contribution in [-0.2, 0) is 14.3 Å². The van der Waals surface area contributed by atoms with Crippen molar-refractivity contribution in [2.24, 2.45) is 0 Å². The number of alkyl halides is 3. The summed E-state index contributed by atoms with van der Waals surface area (Å²) < 4.78 is 46.1. The second-order valence-electron chi connectivity index (χ2n) is 3.81. The summed E-state index contributed by atoms with van der Waals surface area (Å²) in [5.41, 5.74) is 0. The van der Waals surface area contributed by atoms with Crippen LogP contribution in [0.3, 0.4) is 0 Å². The van der Waals surface area contributed by atoms with Crippen LogP contribution in [0.2, 0.25) is 0 Å². The third-order valence-corrected chi connectivity index (χ3v) is 2.54. The molecule has 17 heavy (non-hydrogen) atoms. The summed E-state index contributed by atoms with van der Waals surface area (Å²) in [7, 11) is 1.33. The lowest BCUT2D eigenvalue weighted by Crippen LogP contribution is -2.57. The summed E-state index contributed by atoms with van der Waals surface area (Å²) in [6.07, 6.45) is -7.67. The molecule has 0 aromatic carbocycles. The van der Waals surface area contributed by atoms with Crippen LogP contribution in [0.1, 0.15) is 13.3 Å². The molecule has 0 spiro atoms. The van der Waals surface area contributed by atoms with Crippen molar-refractivity contribution >= 4 is 5.91 Å². The molecular weight excluding hydrogens is 243 g/mol. The minimum absolute atomic E-state index is 0.0379. The van der Waals surface area contributed by atoms with Gasteiger partial charge in [-0.3, -0.25) is 4.79 Å². The van der Waals surface area contributed by atoms with E-state index in [0.717, 1.165) is 0 Å². The Bertz CT molecular complexity index is 284. The second-order valence-corrected chi connectivity index (χ2v) is 3.81. The number of carbonyl (C=O) groups excluding carboxylic acids is 1. The number of carbonyl (C=O) groups is 1. The van der Waals surface area contributed by atoms with Gasteiger partial charge in [-0.25, -0.2) is 0 Å². The van der Waals surface area contributed by atoms with Crippen molar-refractivity contribution in [3.63, 3.8) is 0 Å². The molecule has 0 aromatic rings. The normalized spacial score (nSPS) is 34.5. The lowest BCUT2D eigenvalue weighted by molar-refractivity contribution is -0.218. The van der Waals surface area contributed by atoms with Gasteiger partial charge in [-0.1, -0.05) is 0 Å². The maximum atomic E-state index is 12.1. The fraction of sp³-hybridized carbons (Fsp3) is 0.889. The number of ether oxygens (including phenoxy) is 2. The molecule has 0 aliphatic carbocycles. The van der Waals surface area contributed by atoms with Crippen molar-refractivity contribution in [2.75, 3.05) is 7.11 Å². The molecule has 1 amide bonds. The Morgan fingerprint density at radius 2 is 2.12 bits per heavy atom. The van der Waals surface area contributed by atoms with E-state index in [-0.39, 0.29) is 6.42 Å². The van der Waals surface area contributed by atoms with Crippen LogP contribution in [0.4, 0.5) is 13.2 Å². The van der Waals surface area contributed by atoms with Crippen LogP contribution in [0.25, 0.3) is 0 Å². The molecule has 1 saturated heterocycles. The van der Waals surface area contributed by atoms with Crippen LogP contribution < -0.4 is 5.32 Å². The second kappa shape index (κ2) is 5.19. The first-order valence-corrected chi connectivity index (χ1v) is 4.99. The van der Waals surface area contributed by atoms with Gasteiger partial charge in [-0.2, -0.15) is 13.2 Å². The molecule has 8 heteroatoms. The highest BCUT2D eigenvalue weighted by Gasteiger charge is 2.43. The Balaban J connectivity index is 2.65. The van der Waals surface area contributed by atoms with Crippen molar-refractivity contribution in [3.8, 4) is 0 Å². The van der Waals surface area contributed by atoms with E-state index in [2.05, 4.69) is 0 Å². The summed E-state index contributed by atoms with van der Waals surface area (Å²) in [6, 6.07) is -1.04. The molecule has 5 nitrogen and oxygen atoms in total. The van der Waals surface area contributed by atoms with E-state index >= 15 is 0 Å². The molecular formula is C9H14F3NO4. The summed E-state index contributed by atoms with van der Waals surface area (Å²) in [4.78, 5) is 10.8. The van der Waals surface area contributed by atoms with Gasteiger partial charge in [-0.05, 0) is 6.92 Å². The Hall–Kier alpha value is -0.860. The molecule has 2 N–H and O–H groups in total. The smallest absolute Gasteiger partial charge is 0.388 e. The number of amides is 1. The van der Waals surface area contributed by atoms with Gasteiger partial charge in [-0.15, -0.1) is 0 Å². The molecule has 0 unspecified atom stereocenters. The first-order chi connectivity index (χ1) is 7.75. The minimum atomic E-state index is -4.97. The number of hydrogen-bond acceptors (Lipinski definition) is 4. The monoisotopic (exact) mass is 257 g/mol. The summed E-state index contributed by atoms with van der Waals surface area (Å²) in [5.74, 6) is -2.08. The number of hydrogen-bond donors (Lipinski definition) is 2. The molecule has 1 rings (SSSR count). The fourth-order valence-corrected chi connectivity index (χ4v) is 1.60. The van der Waals surface area contributed by atoms with E-state index in [4.69, 9.17) is 9.47 Å². The van der Waals surface area contributed by atoms with E-state index < -0.39 is 36.6 Å². The molecule has 1 aliphatic rings. The quantitative estimate of drug-likeness (QED) is 0.740. The van der Waals surface area contributed by atoms with Gasteiger partial charge in [0.05, 0.1) is 12.1 Å². The number of rotatable bonds is 2. The largest absolute Gasteiger partial charge is 0.471 e. The van der Waals surface area contributed by atoms with Crippen molar-refractivity contribution in [1.29, 1.82) is 0 Å². The highest BCUT2D eigenvalue weighted by Crippen LogP contribution is 2.22. The highest BCUT2D eigenvalue weighted by atomic mass is 19.4. The molecule has 1 aliphatic heterocycles. The van der Waals surface area contributed by atoms with Gasteiger partial charge >= 0.3 is 12.1 Å². The summed E-state index contributed by atoms with van der Waals surface area (Å²) >= 11 is 0. The van der Waals surface area contributed by atoms with E-state index in [1.807, 2.05) is 0 Å². The van der Waals surface area contributed by atoms with Gasteiger partial charge in [0.1, 0.15) is 6.10 Å². The Labute approximate surface area is 95.9 Å². The molecule has 0 radical (unpaired) electrons. The molecule has 0 aromatic heterocycles. The van der Waals surface area contributed by atoms with Crippen LogP contribution in [0, 0.1) is 0 Å². The third-order valence-electron chi connectivity index (χ3n) is 2.54. The van der Waals surface area contributed by atoms with E-state index in [1.165, 1.54) is 14.0 Å². The minimum Gasteiger partial charge on any atom is -0.388 e. The SMILES string of the molecule is CO[C@H]1C[C@@H](NC(=O)C(F)(F)F)[C@H](O)[C@@H](C)O1. The number of halogens is 3. The zero-order chi connectivity index (χ0) is 13.2. The number of aliphatic hydroxyl groups excluding tert-OH is 1. The predicted molar refractivity (Wildman–Crippen MR) is 50.0 cm³/mol. The topological polar surface area (TPSA) is 67.8 Å². The Kier molecular flexibility index (Phi) is 4.34. The van der Waals surface area contributed by atoms with Gasteiger partial charge in [0.15, 0.2) is 6.29 Å². The van der Waals surface area contributed by atoms with Crippen molar-refractivity contribution < 1.29 is 32.5 Å². The van der Waals surface area contributed by atoms with E-state index in [9.17, 15) is 23.1 Å². The van der Waals surface area contributed by atoms with Gasteiger partial charge in [0, 0.05) is 13.5 Å². The van der Waals surface area contributed by atoms with E-state index in [1.54, 1.807) is 5.32 Å². The molecule has 4 atom stereocenters. The fourth-order valence-electron chi connectivity index (χ4n) is 1.60. The lowest BCUT2D eigenvalue weighted by atomic mass is 9.99. The Morgan fingerprint density at radius 3 is 2.59 bits per heavy atom. The van der Waals surface area contributed by atoms with Crippen LogP contribution in [0.15, 0.2) is 0 Å². The average Bonchev–Trinajstić information content (AvgIpc) is 2.22. The lowest BCUT2D eigenvalue weighted by Gasteiger charge is -2.37. The maximum absolute atomic E-state index is 12.1.